The van der Waals surface area contributed by atoms with E-state index >= 15 is 0 Å². The molecule has 1 aliphatic heterocycles. The average Bonchev–Trinajstić information content (AvgIpc) is 3.50. The molecule has 3 aromatic heterocycles. The third kappa shape index (κ3) is 3.50. The maximum Gasteiger partial charge on any atom is 0.168 e. The number of rotatable bonds is 5. The summed E-state index contributed by atoms with van der Waals surface area (Å²) in [6.07, 6.45) is 9.69. The second-order valence-electron chi connectivity index (χ2n) is 7.27. The Morgan fingerprint density at radius 1 is 1.00 bits per heavy atom. The Labute approximate surface area is 168 Å². The van der Waals surface area contributed by atoms with Crippen molar-refractivity contribution in [3.05, 3.63) is 53.7 Å². The lowest BCUT2D eigenvalue weighted by Gasteiger charge is -2.21. The molecule has 6 nitrogen and oxygen atoms in total. The van der Waals surface area contributed by atoms with Crippen LogP contribution in [0.3, 0.4) is 0 Å². The average molecular weight is 397 g/mol. The van der Waals surface area contributed by atoms with E-state index in [2.05, 4.69) is 14.6 Å². The van der Waals surface area contributed by atoms with Crippen LogP contribution in [0.25, 0.3) is 11.3 Å². The van der Waals surface area contributed by atoms with Crippen molar-refractivity contribution in [1.82, 2.24) is 19.7 Å². The first-order chi connectivity index (χ1) is 13.8. The highest BCUT2D eigenvalue weighted by molar-refractivity contribution is 6.32. The topological polar surface area (TPSA) is 62.1 Å². The van der Waals surface area contributed by atoms with Crippen molar-refractivity contribution in [2.24, 2.45) is 0 Å². The Hall–Kier alpha value is -2.44. The van der Waals surface area contributed by atoms with Crippen molar-refractivity contribution in [3.63, 3.8) is 0 Å². The van der Waals surface area contributed by atoms with E-state index in [1.807, 2.05) is 30.5 Å². The molecule has 0 aromatic carbocycles. The molecule has 4 heterocycles. The Morgan fingerprint density at radius 3 is 2.61 bits per heavy atom. The normalized spacial score (nSPS) is 17.6. The smallest absolute Gasteiger partial charge is 0.168 e. The maximum atomic E-state index is 6.42. The zero-order valence-corrected chi connectivity index (χ0v) is 16.2. The quantitative estimate of drug-likeness (QED) is 0.567. The fourth-order valence-electron chi connectivity index (χ4n) is 3.61. The molecule has 5 rings (SSSR count). The first-order valence-electron chi connectivity index (χ1n) is 9.70. The summed E-state index contributed by atoms with van der Waals surface area (Å²) in [4.78, 5) is 8.65. The minimum Gasteiger partial charge on any atom is -0.453 e. The van der Waals surface area contributed by atoms with E-state index in [0.29, 0.717) is 28.4 Å². The third-order valence-electron chi connectivity index (χ3n) is 5.26. The van der Waals surface area contributed by atoms with Crippen LogP contribution in [0.1, 0.15) is 43.3 Å². The molecular weight excluding hydrogens is 376 g/mol. The van der Waals surface area contributed by atoms with Gasteiger partial charge in [-0.1, -0.05) is 17.7 Å². The van der Waals surface area contributed by atoms with Gasteiger partial charge in [0.2, 0.25) is 0 Å². The predicted octanol–water partition coefficient (Wildman–Crippen LogP) is 5.01. The number of halogens is 1. The largest absolute Gasteiger partial charge is 0.453 e. The van der Waals surface area contributed by atoms with Crippen LogP contribution in [0.2, 0.25) is 5.15 Å². The van der Waals surface area contributed by atoms with Gasteiger partial charge in [-0.25, -0.2) is 4.98 Å². The van der Waals surface area contributed by atoms with Crippen LogP contribution in [0, 0.1) is 0 Å². The van der Waals surface area contributed by atoms with Crippen molar-refractivity contribution < 1.29 is 9.47 Å². The van der Waals surface area contributed by atoms with Crippen molar-refractivity contribution in [2.45, 2.75) is 37.6 Å². The predicted molar refractivity (Wildman–Crippen MR) is 106 cm³/mol. The van der Waals surface area contributed by atoms with Gasteiger partial charge in [0.1, 0.15) is 16.6 Å². The van der Waals surface area contributed by atoms with E-state index in [4.69, 9.17) is 26.2 Å². The zero-order chi connectivity index (χ0) is 18.9. The molecule has 1 aliphatic carbocycles. The number of nitrogens with zero attached hydrogens (tertiary/aromatic N) is 4. The lowest BCUT2D eigenvalue weighted by atomic mass is 9.96. The molecule has 0 atom stereocenters. The van der Waals surface area contributed by atoms with Crippen LogP contribution in [0.4, 0.5) is 0 Å². The number of pyridine rings is 2. The van der Waals surface area contributed by atoms with Gasteiger partial charge in [-0.2, -0.15) is 5.10 Å². The molecule has 0 amide bonds. The van der Waals surface area contributed by atoms with Crippen LogP contribution in [-0.4, -0.2) is 33.0 Å². The van der Waals surface area contributed by atoms with E-state index in [9.17, 15) is 0 Å². The molecule has 7 heteroatoms. The molecule has 0 unspecified atom stereocenters. The highest BCUT2D eigenvalue weighted by atomic mass is 35.5. The van der Waals surface area contributed by atoms with Gasteiger partial charge in [0.25, 0.3) is 0 Å². The summed E-state index contributed by atoms with van der Waals surface area (Å²) in [5.74, 6) is 1.78. The Kier molecular flexibility index (Phi) is 4.74. The van der Waals surface area contributed by atoms with E-state index < -0.39 is 0 Å². The fourth-order valence-corrected chi connectivity index (χ4v) is 3.86. The van der Waals surface area contributed by atoms with Crippen LogP contribution in [0.5, 0.6) is 11.5 Å². The Morgan fingerprint density at radius 2 is 1.86 bits per heavy atom. The molecule has 0 N–H and O–H groups in total. The van der Waals surface area contributed by atoms with Gasteiger partial charge in [0.05, 0.1) is 23.5 Å². The first-order valence-corrected chi connectivity index (χ1v) is 10.1. The van der Waals surface area contributed by atoms with Gasteiger partial charge in [-0.15, -0.1) is 0 Å². The highest BCUT2D eigenvalue weighted by Crippen LogP contribution is 2.42. The summed E-state index contributed by atoms with van der Waals surface area (Å²) < 4.78 is 14.0. The first kappa shape index (κ1) is 17.6. The molecule has 0 spiro atoms. The van der Waals surface area contributed by atoms with Gasteiger partial charge < -0.3 is 9.47 Å². The van der Waals surface area contributed by atoms with Crippen molar-refractivity contribution >= 4 is 11.6 Å². The van der Waals surface area contributed by atoms with E-state index in [0.717, 1.165) is 43.2 Å². The van der Waals surface area contributed by atoms with Crippen molar-refractivity contribution in [1.29, 1.82) is 0 Å². The van der Waals surface area contributed by atoms with Gasteiger partial charge in [0.15, 0.2) is 5.75 Å². The number of aromatic nitrogens is 4. The molecule has 0 radical (unpaired) electrons. The molecule has 2 aliphatic rings. The summed E-state index contributed by atoms with van der Waals surface area (Å²) in [6.45, 7) is 1.53. The molecule has 1 saturated carbocycles. The molecule has 0 bridgehead atoms. The second-order valence-corrected chi connectivity index (χ2v) is 7.63. The SMILES string of the molecule is Clc1nccc(Oc2cn(C3CC3)nc2C2CCOCC2)c1-c1ccccn1. The van der Waals surface area contributed by atoms with E-state index in [-0.39, 0.29) is 0 Å². The number of ether oxygens (including phenoxy) is 2. The molecular formula is C21H21ClN4O2. The summed E-state index contributed by atoms with van der Waals surface area (Å²) in [5, 5.41) is 5.26. The van der Waals surface area contributed by atoms with Gasteiger partial charge in [-0.05, 0) is 43.9 Å². The molecule has 1 saturated heterocycles. The standard InChI is InChI=1S/C21H21ClN4O2/c22-21-19(16-3-1-2-9-23-16)17(6-10-24-21)28-18-13-26(15-4-5-15)25-20(18)14-7-11-27-12-8-14/h1-3,6,9-10,13-15H,4-5,7-8,11-12H2. The Bertz CT molecular complexity index is 966. The van der Waals surface area contributed by atoms with Gasteiger partial charge in [0, 0.05) is 31.5 Å². The summed E-state index contributed by atoms with van der Waals surface area (Å²) >= 11 is 6.42. The van der Waals surface area contributed by atoms with E-state index in [1.54, 1.807) is 12.4 Å². The van der Waals surface area contributed by atoms with Gasteiger partial charge >= 0.3 is 0 Å². The maximum absolute atomic E-state index is 6.42. The minimum absolute atomic E-state index is 0.347. The second kappa shape index (κ2) is 7.53. The summed E-state index contributed by atoms with van der Waals surface area (Å²) in [7, 11) is 0. The third-order valence-corrected chi connectivity index (χ3v) is 5.55. The molecule has 144 valence electrons. The lowest BCUT2D eigenvalue weighted by molar-refractivity contribution is 0.0839. The summed E-state index contributed by atoms with van der Waals surface area (Å²) in [6, 6.07) is 8.03. The highest BCUT2D eigenvalue weighted by Gasteiger charge is 2.30. The molecule has 2 fully saturated rings. The lowest BCUT2D eigenvalue weighted by Crippen LogP contribution is -2.15. The Balaban J connectivity index is 1.54. The minimum atomic E-state index is 0.347. The zero-order valence-electron chi connectivity index (χ0n) is 15.4. The number of hydrogen-bond acceptors (Lipinski definition) is 5. The van der Waals surface area contributed by atoms with E-state index in [1.165, 1.54) is 12.8 Å². The van der Waals surface area contributed by atoms with Gasteiger partial charge in [-0.3, -0.25) is 9.67 Å². The molecule has 3 aromatic rings. The van der Waals surface area contributed by atoms with Crippen LogP contribution < -0.4 is 4.74 Å². The van der Waals surface area contributed by atoms with Crippen LogP contribution in [-0.2, 0) is 4.74 Å². The monoisotopic (exact) mass is 396 g/mol. The van der Waals surface area contributed by atoms with Crippen LogP contribution >= 0.6 is 11.6 Å². The number of hydrogen-bond donors (Lipinski definition) is 0. The van der Waals surface area contributed by atoms with Crippen molar-refractivity contribution in [3.8, 4) is 22.8 Å². The molecule has 28 heavy (non-hydrogen) atoms. The fraction of sp³-hybridized carbons (Fsp3) is 0.381. The van der Waals surface area contributed by atoms with Crippen LogP contribution in [0.15, 0.2) is 42.9 Å². The summed E-state index contributed by atoms with van der Waals surface area (Å²) in [5.41, 5.74) is 2.44. The van der Waals surface area contributed by atoms with Crippen molar-refractivity contribution in [2.75, 3.05) is 13.2 Å².